The highest BCUT2D eigenvalue weighted by atomic mass is 35.5. The second-order valence-electron chi connectivity index (χ2n) is 4.10. The van der Waals surface area contributed by atoms with Crippen LogP contribution in [0.4, 0.5) is 0 Å². The monoisotopic (exact) mass is 256 g/mol. The Morgan fingerprint density at radius 2 is 2.18 bits per heavy atom. The number of aliphatic hydroxyl groups excluding tert-OH is 1. The minimum Gasteiger partial charge on any atom is -0.487 e. The van der Waals surface area contributed by atoms with Crippen molar-refractivity contribution in [2.45, 2.75) is 31.5 Å². The molecular weight excluding hydrogens is 244 g/mol. The molecule has 1 aromatic carbocycles. The molecule has 4 nitrogen and oxygen atoms in total. The maximum atomic E-state index is 11.0. The van der Waals surface area contributed by atoms with E-state index in [1.807, 2.05) is 0 Å². The molecule has 1 aliphatic carbocycles. The van der Waals surface area contributed by atoms with Gasteiger partial charge >= 0.3 is 5.97 Å². The SMILES string of the molecule is O=C(O)c1cc(Cl)ccc1OC1CCCC1O. The second-order valence-corrected chi connectivity index (χ2v) is 4.54. The Balaban J connectivity index is 2.22. The molecule has 0 heterocycles. The molecular formula is C12H13ClO4. The van der Waals surface area contributed by atoms with Gasteiger partial charge in [-0.3, -0.25) is 0 Å². The number of ether oxygens (including phenoxy) is 1. The van der Waals surface area contributed by atoms with E-state index in [-0.39, 0.29) is 17.4 Å². The van der Waals surface area contributed by atoms with E-state index < -0.39 is 12.1 Å². The van der Waals surface area contributed by atoms with Crippen molar-refractivity contribution in [1.82, 2.24) is 0 Å². The summed E-state index contributed by atoms with van der Waals surface area (Å²) in [4.78, 5) is 11.0. The first-order valence-electron chi connectivity index (χ1n) is 5.45. The molecule has 5 heteroatoms. The fourth-order valence-electron chi connectivity index (χ4n) is 1.98. The maximum Gasteiger partial charge on any atom is 0.339 e. The van der Waals surface area contributed by atoms with Crippen LogP contribution in [-0.2, 0) is 0 Å². The standard InChI is InChI=1S/C12H13ClO4/c13-7-4-5-10(8(6-7)12(15)16)17-11-3-1-2-9(11)14/h4-6,9,11,14H,1-3H2,(H,15,16). The summed E-state index contributed by atoms with van der Waals surface area (Å²) in [5.41, 5.74) is 0.0246. The van der Waals surface area contributed by atoms with Gasteiger partial charge in [-0.1, -0.05) is 11.6 Å². The first kappa shape index (κ1) is 12.2. The van der Waals surface area contributed by atoms with Crippen molar-refractivity contribution >= 4 is 17.6 Å². The molecule has 0 amide bonds. The van der Waals surface area contributed by atoms with Gasteiger partial charge in [0.1, 0.15) is 17.4 Å². The quantitative estimate of drug-likeness (QED) is 0.871. The molecule has 2 unspecified atom stereocenters. The third-order valence-corrected chi connectivity index (χ3v) is 3.10. The number of aromatic carboxylic acids is 1. The smallest absolute Gasteiger partial charge is 0.339 e. The molecule has 1 fully saturated rings. The molecule has 2 N–H and O–H groups in total. The number of carboxylic acid groups (broad SMARTS) is 1. The number of hydrogen-bond acceptors (Lipinski definition) is 3. The first-order valence-corrected chi connectivity index (χ1v) is 5.83. The van der Waals surface area contributed by atoms with Gasteiger partial charge < -0.3 is 14.9 Å². The summed E-state index contributed by atoms with van der Waals surface area (Å²) in [6, 6.07) is 4.45. The number of aliphatic hydroxyl groups is 1. The molecule has 0 aromatic heterocycles. The highest BCUT2D eigenvalue weighted by molar-refractivity contribution is 6.31. The lowest BCUT2D eigenvalue weighted by Crippen LogP contribution is -2.26. The predicted molar refractivity (Wildman–Crippen MR) is 62.7 cm³/mol. The molecule has 0 spiro atoms. The highest BCUT2D eigenvalue weighted by Crippen LogP contribution is 2.28. The number of carbonyl (C=O) groups is 1. The van der Waals surface area contributed by atoms with Crippen LogP contribution in [0.1, 0.15) is 29.6 Å². The number of halogens is 1. The second kappa shape index (κ2) is 4.94. The van der Waals surface area contributed by atoms with Crippen LogP contribution in [0.25, 0.3) is 0 Å². The molecule has 17 heavy (non-hydrogen) atoms. The van der Waals surface area contributed by atoms with E-state index in [1.54, 1.807) is 6.07 Å². The number of hydrogen-bond donors (Lipinski definition) is 2. The Bertz CT molecular complexity index is 433. The normalized spacial score (nSPS) is 23.6. The van der Waals surface area contributed by atoms with Gasteiger partial charge in [0, 0.05) is 5.02 Å². The number of carboxylic acids is 1. The highest BCUT2D eigenvalue weighted by Gasteiger charge is 2.28. The van der Waals surface area contributed by atoms with Gasteiger partial charge in [-0.2, -0.15) is 0 Å². The van der Waals surface area contributed by atoms with E-state index in [0.717, 1.165) is 12.8 Å². The van der Waals surface area contributed by atoms with Gasteiger partial charge in [0.05, 0.1) is 6.10 Å². The van der Waals surface area contributed by atoms with Crippen molar-refractivity contribution in [3.8, 4) is 5.75 Å². The molecule has 2 atom stereocenters. The van der Waals surface area contributed by atoms with Crippen LogP contribution in [0, 0.1) is 0 Å². The summed E-state index contributed by atoms with van der Waals surface area (Å²) >= 11 is 5.74. The molecule has 1 aliphatic rings. The summed E-state index contributed by atoms with van der Waals surface area (Å²) < 4.78 is 5.55. The molecule has 0 saturated heterocycles. The maximum absolute atomic E-state index is 11.0. The van der Waals surface area contributed by atoms with E-state index in [1.165, 1.54) is 12.1 Å². The minimum atomic E-state index is -1.09. The lowest BCUT2D eigenvalue weighted by atomic mass is 10.2. The summed E-state index contributed by atoms with van der Waals surface area (Å²) in [6.45, 7) is 0. The zero-order valence-electron chi connectivity index (χ0n) is 9.10. The van der Waals surface area contributed by atoms with Crippen molar-refractivity contribution in [2.75, 3.05) is 0 Å². The van der Waals surface area contributed by atoms with Crippen molar-refractivity contribution in [1.29, 1.82) is 0 Å². The van der Waals surface area contributed by atoms with Crippen molar-refractivity contribution in [3.63, 3.8) is 0 Å². The van der Waals surface area contributed by atoms with E-state index in [2.05, 4.69) is 0 Å². The van der Waals surface area contributed by atoms with Gasteiger partial charge in [-0.15, -0.1) is 0 Å². The molecule has 1 aromatic rings. The average molecular weight is 257 g/mol. The first-order chi connectivity index (χ1) is 8.08. The molecule has 0 radical (unpaired) electrons. The largest absolute Gasteiger partial charge is 0.487 e. The fraction of sp³-hybridized carbons (Fsp3) is 0.417. The molecule has 1 saturated carbocycles. The van der Waals surface area contributed by atoms with Crippen LogP contribution >= 0.6 is 11.6 Å². The third-order valence-electron chi connectivity index (χ3n) is 2.87. The zero-order chi connectivity index (χ0) is 12.4. The Labute approximate surface area is 104 Å². The van der Waals surface area contributed by atoms with Crippen LogP contribution in [0.5, 0.6) is 5.75 Å². The average Bonchev–Trinajstić information content (AvgIpc) is 2.67. The molecule has 2 rings (SSSR count). The predicted octanol–water partition coefficient (Wildman–Crippen LogP) is 2.33. The lowest BCUT2D eigenvalue weighted by Gasteiger charge is -2.18. The van der Waals surface area contributed by atoms with Gasteiger partial charge in [-0.05, 0) is 37.5 Å². The number of benzene rings is 1. The van der Waals surface area contributed by atoms with E-state index in [0.29, 0.717) is 11.4 Å². The number of rotatable bonds is 3. The molecule has 0 aliphatic heterocycles. The van der Waals surface area contributed by atoms with Gasteiger partial charge in [0.25, 0.3) is 0 Å². The van der Waals surface area contributed by atoms with Gasteiger partial charge in [0.2, 0.25) is 0 Å². The van der Waals surface area contributed by atoms with Crippen LogP contribution in [-0.4, -0.2) is 28.4 Å². The van der Waals surface area contributed by atoms with Crippen molar-refractivity contribution in [3.05, 3.63) is 28.8 Å². The minimum absolute atomic E-state index is 0.0246. The Morgan fingerprint density at radius 3 is 2.76 bits per heavy atom. The summed E-state index contributed by atoms with van der Waals surface area (Å²) in [6.07, 6.45) is 1.48. The summed E-state index contributed by atoms with van der Waals surface area (Å²) in [7, 11) is 0. The Morgan fingerprint density at radius 1 is 1.41 bits per heavy atom. The van der Waals surface area contributed by atoms with Crippen LogP contribution in [0.3, 0.4) is 0 Å². The summed E-state index contributed by atoms with van der Waals surface area (Å²) in [5, 5.41) is 19.0. The van der Waals surface area contributed by atoms with Crippen LogP contribution in [0.2, 0.25) is 5.02 Å². The lowest BCUT2D eigenvalue weighted by molar-refractivity contribution is 0.0560. The van der Waals surface area contributed by atoms with Crippen LogP contribution < -0.4 is 4.74 Å². The Hall–Kier alpha value is -1.26. The summed E-state index contributed by atoms with van der Waals surface area (Å²) in [5.74, 6) is -0.831. The third kappa shape index (κ3) is 2.70. The topological polar surface area (TPSA) is 66.8 Å². The van der Waals surface area contributed by atoms with Crippen molar-refractivity contribution < 1.29 is 19.7 Å². The fourth-order valence-corrected chi connectivity index (χ4v) is 2.15. The zero-order valence-corrected chi connectivity index (χ0v) is 9.85. The van der Waals surface area contributed by atoms with Gasteiger partial charge in [0.15, 0.2) is 0 Å². The Kier molecular flexibility index (Phi) is 3.54. The van der Waals surface area contributed by atoms with E-state index in [4.69, 9.17) is 21.4 Å². The van der Waals surface area contributed by atoms with Crippen LogP contribution in [0.15, 0.2) is 18.2 Å². The van der Waals surface area contributed by atoms with E-state index >= 15 is 0 Å². The molecule has 0 bridgehead atoms. The van der Waals surface area contributed by atoms with E-state index in [9.17, 15) is 9.90 Å². The van der Waals surface area contributed by atoms with Gasteiger partial charge in [-0.25, -0.2) is 4.79 Å². The van der Waals surface area contributed by atoms with Crippen molar-refractivity contribution in [2.24, 2.45) is 0 Å². The molecule has 92 valence electrons.